The number of hydrogen-bond donors (Lipinski definition) is 1. The predicted molar refractivity (Wildman–Crippen MR) is 80.3 cm³/mol. The van der Waals surface area contributed by atoms with E-state index in [1.54, 1.807) is 6.07 Å². The van der Waals surface area contributed by atoms with Gasteiger partial charge in [-0.25, -0.2) is 8.42 Å². The SMILES string of the molecule is COc1ccc(OC)c(S(=O)(=O)N2CCCC[C@H]2C(N)=O)c1. The van der Waals surface area contributed by atoms with Gasteiger partial charge in [0.25, 0.3) is 0 Å². The molecule has 0 bridgehead atoms. The summed E-state index contributed by atoms with van der Waals surface area (Å²) >= 11 is 0. The number of amides is 1. The van der Waals surface area contributed by atoms with Crippen molar-refractivity contribution in [3.05, 3.63) is 18.2 Å². The van der Waals surface area contributed by atoms with Crippen LogP contribution in [0.25, 0.3) is 0 Å². The number of nitrogens with two attached hydrogens (primary N) is 1. The number of sulfonamides is 1. The van der Waals surface area contributed by atoms with Crippen LogP contribution in [-0.2, 0) is 14.8 Å². The lowest BCUT2D eigenvalue weighted by atomic mass is 10.0. The summed E-state index contributed by atoms with van der Waals surface area (Å²) in [5, 5.41) is 0. The molecule has 2 rings (SSSR count). The van der Waals surface area contributed by atoms with Gasteiger partial charge in [0.2, 0.25) is 15.9 Å². The van der Waals surface area contributed by atoms with Gasteiger partial charge in [-0.05, 0) is 25.0 Å². The number of nitrogens with zero attached hydrogens (tertiary/aromatic N) is 1. The minimum atomic E-state index is -3.90. The minimum Gasteiger partial charge on any atom is -0.497 e. The molecule has 1 aliphatic rings. The second-order valence-corrected chi connectivity index (χ2v) is 6.91. The van der Waals surface area contributed by atoms with Crippen molar-refractivity contribution in [2.75, 3.05) is 20.8 Å². The van der Waals surface area contributed by atoms with Crippen LogP contribution in [0, 0.1) is 0 Å². The molecule has 0 spiro atoms. The van der Waals surface area contributed by atoms with Crippen LogP contribution < -0.4 is 15.2 Å². The zero-order valence-corrected chi connectivity index (χ0v) is 13.4. The van der Waals surface area contributed by atoms with Crippen LogP contribution in [0.1, 0.15) is 19.3 Å². The van der Waals surface area contributed by atoms with Crippen molar-refractivity contribution in [2.24, 2.45) is 5.73 Å². The van der Waals surface area contributed by atoms with Crippen LogP contribution in [0.15, 0.2) is 23.1 Å². The summed E-state index contributed by atoms with van der Waals surface area (Å²) in [7, 11) is -1.06. The molecule has 0 radical (unpaired) electrons. The van der Waals surface area contributed by atoms with E-state index in [0.29, 0.717) is 18.6 Å². The molecule has 0 unspecified atom stereocenters. The van der Waals surface area contributed by atoms with Crippen LogP contribution in [-0.4, -0.2) is 45.4 Å². The lowest BCUT2D eigenvalue weighted by Gasteiger charge is -2.32. The third-order valence-electron chi connectivity index (χ3n) is 3.74. The van der Waals surface area contributed by atoms with Crippen LogP contribution in [0.3, 0.4) is 0 Å². The highest BCUT2D eigenvalue weighted by Gasteiger charge is 2.38. The Hall–Kier alpha value is -1.80. The minimum absolute atomic E-state index is 0.0255. The zero-order valence-electron chi connectivity index (χ0n) is 12.6. The number of primary amides is 1. The molecule has 1 atom stereocenters. The monoisotopic (exact) mass is 328 g/mol. The van der Waals surface area contributed by atoms with Crippen molar-refractivity contribution in [2.45, 2.75) is 30.2 Å². The van der Waals surface area contributed by atoms with Crippen LogP contribution in [0.2, 0.25) is 0 Å². The molecule has 1 saturated heterocycles. The molecule has 7 nitrogen and oxygen atoms in total. The van der Waals surface area contributed by atoms with E-state index in [-0.39, 0.29) is 17.2 Å². The average molecular weight is 328 g/mol. The lowest BCUT2D eigenvalue weighted by Crippen LogP contribution is -2.50. The molecular formula is C14H20N2O5S. The fourth-order valence-electron chi connectivity index (χ4n) is 2.59. The molecule has 22 heavy (non-hydrogen) atoms. The summed E-state index contributed by atoms with van der Waals surface area (Å²) in [5.41, 5.74) is 5.36. The maximum atomic E-state index is 12.9. The van der Waals surface area contributed by atoms with Gasteiger partial charge in [0.1, 0.15) is 22.4 Å². The van der Waals surface area contributed by atoms with E-state index in [0.717, 1.165) is 10.7 Å². The van der Waals surface area contributed by atoms with Crippen LogP contribution in [0.5, 0.6) is 11.5 Å². The highest BCUT2D eigenvalue weighted by atomic mass is 32.2. The molecule has 1 amide bonds. The van der Waals surface area contributed by atoms with E-state index >= 15 is 0 Å². The van der Waals surface area contributed by atoms with Crippen molar-refractivity contribution >= 4 is 15.9 Å². The third-order valence-corrected chi connectivity index (χ3v) is 5.67. The number of rotatable bonds is 5. The summed E-state index contributed by atoms with van der Waals surface area (Å²) in [6, 6.07) is 3.70. The first-order valence-electron chi connectivity index (χ1n) is 6.95. The van der Waals surface area contributed by atoms with Gasteiger partial charge in [-0.2, -0.15) is 4.31 Å². The first kappa shape index (κ1) is 16.6. The largest absolute Gasteiger partial charge is 0.497 e. The Labute approximate surface area is 130 Å². The number of piperidine rings is 1. The van der Waals surface area contributed by atoms with Crippen LogP contribution >= 0.6 is 0 Å². The van der Waals surface area contributed by atoms with Gasteiger partial charge in [-0.3, -0.25) is 4.79 Å². The molecule has 1 aromatic carbocycles. The molecule has 0 aromatic heterocycles. The molecular weight excluding hydrogens is 308 g/mol. The second kappa shape index (κ2) is 6.53. The smallest absolute Gasteiger partial charge is 0.247 e. The summed E-state index contributed by atoms with van der Waals surface area (Å²) in [6.45, 7) is 0.260. The number of methoxy groups -OCH3 is 2. The molecule has 1 aliphatic heterocycles. The maximum absolute atomic E-state index is 12.9. The van der Waals surface area contributed by atoms with E-state index in [2.05, 4.69) is 0 Å². The molecule has 2 N–H and O–H groups in total. The summed E-state index contributed by atoms with van der Waals surface area (Å²) in [6.07, 6.45) is 1.89. The van der Waals surface area contributed by atoms with Gasteiger partial charge >= 0.3 is 0 Å². The lowest BCUT2D eigenvalue weighted by molar-refractivity contribution is -0.122. The van der Waals surface area contributed by atoms with Gasteiger partial charge in [0.05, 0.1) is 14.2 Å². The quantitative estimate of drug-likeness (QED) is 0.859. The normalized spacial score (nSPS) is 19.6. The summed E-state index contributed by atoms with van der Waals surface area (Å²) in [5.74, 6) is -0.0354. The van der Waals surface area contributed by atoms with Gasteiger partial charge in [-0.1, -0.05) is 6.42 Å². The zero-order chi connectivity index (χ0) is 16.3. The topological polar surface area (TPSA) is 98.9 Å². The summed E-state index contributed by atoms with van der Waals surface area (Å²) in [4.78, 5) is 11.6. The molecule has 0 saturated carbocycles. The first-order chi connectivity index (χ1) is 10.4. The van der Waals surface area contributed by atoms with Crippen molar-refractivity contribution in [3.8, 4) is 11.5 Å². The van der Waals surface area contributed by atoms with Crippen LogP contribution in [0.4, 0.5) is 0 Å². The van der Waals surface area contributed by atoms with E-state index in [9.17, 15) is 13.2 Å². The number of benzene rings is 1. The Balaban J connectivity index is 2.51. The second-order valence-electron chi connectivity index (χ2n) is 5.05. The highest BCUT2D eigenvalue weighted by molar-refractivity contribution is 7.89. The Morgan fingerprint density at radius 3 is 2.59 bits per heavy atom. The molecule has 1 fully saturated rings. The van der Waals surface area contributed by atoms with Gasteiger partial charge in [-0.15, -0.1) is 0 Å². The van der Waals surface area contributed by atoms with E-state index in [4.69, 9.17) is 15.2 Å². The van der Waals surface area contributed by atoms with E-state index in [1.807, 2.05) is 0 Å². The molecule has 8 heteroatoms. The average Bonchev–Trinajstić information content (AvgIpc) is 2.54. The number of hydrogen-bond acceptors (Lipinski definition) is 5. The highest BCUT2D eigenvalue weighted by Crippen LogP contribution is 2.33. The number of carbonyl (C=O) groups is 1. The molecule has 1 heterocycles. The fourth-order valence-corrected chi connectivity index (χ4v) is 4.43. The predicted octanol–water partition coefficient (Wildman–Crippen LogP) is 0.732. The molecule has 1 aromatic rings. The number of ether oxygens (including phenoxy) is 2. The number of carbonyl (C=O) groups excluding carboxylic acids is 1. The van der Waals surface area contributed by atoms with Gasteiger partial charge in [0.15, 0.2) is 0 Å². The van der Waals surface area contributed by atoms with Gasteiger partial charge in [0, 0.05) is 12.6 Å². The Bertz CT molecular complexity index is 659. The summed E-state index contributed by atoms with van der Waals surface area (Å²) < 4.78 is 37.2. The van der Waals surface area contributed by atoms with Gasteiger partial charge < -0.3 is 15.2 Å². The van der Waals surface area contributed by atoms with E-state index in [1.165, 1.54) is 26.4 Å². The standard InChI is InChI=1S/C14H20N2O5S/c1-20-10-6-7-12(21-2)13(9-10)22(18,19)16-8-4-3-5-11(16)14(15)17/h6-7,9,11H,3-5,8H2,1-2H3,(H2,15,17)/t11-/m0/s1. The molecule has 122 valence electrons. The van der Waals surface area contributed by atoms with Crippen molar-refractivity contribution in [3.63, 3.8) is 0 Å². The Morgan fingerprint density at radius 1 is 1.27 bits per heavy atom. The van der Waals surface area contributed by atoms with Crippen molar-refractivity contribution in [1.82, 2.24) is 4.31 Å². The van der Waals surface area contributed by atoms with Crippen molar-refractivity contribution < 1.29 is 22.7 Å². The maximum Gasteiger partial charge on any atom is 0.247 e. The first-order valence-corrected chi connectivity index (χ1v) is 8.39. The Kier molecular flexibility index (Phi) is 4.92. The Morgan fingerprint density at radius 2 is 2.00 bits per heavy atom. The van der Waals surface area contributed by atoms with Crippen molar-refractivity contribution in [1.29, 1.82) is 0 Å². The third kappa shape index (κ3) is 3.02. The van der Waals surface area contributed by atoms with E-state index < -0.39 is 22.0 Å². The fraction of sp³-hybridized carbons (Fsp3) is 0.500. The molecule has 0 aliphatic carbocycles.